The van der Waals surface area contributed by atoms with Gasteiger partial charge in [0.05, 0.1) is 11.3 Å². The van der Waals surface area contributed by atoms with Crippen LogP contribution in [-0.4, -0.2) is 9.97 Å². The molecule has 0 aliphatic heterocycles. The number of rotatable bonds is 2. The summed E-state index contributed by atoms with van der Waals surface area (Å²) in [5.41, 5.74) is 4.14. The molecule has 21 heavy (non-hydrogen) atoms. The van der Waals surface area contributed by atoms with E-state index in [1.54, 1.807) is 0 Å². The molecule has 0 radical (unpaired) electrons. The second kappa shape index (κ2) is 5.50. The van der Waals surface area contributed by atoms with Crippen LogP contribution >= 0.6 is 12.2 Å². The monoisotopic (exact) mass is 294 g/mol. The fourth-order valence-electron chi connectivity index (χ4n) is 2.30. The van der Waals surface area contributed by atoms with Gasteiger partial charge in [0.15, 0.2) is 4.77 Å². The molecule has 1 heterocycles. The van der Waals surface area contributed by atoms with Crippen molar-refractivity contribution in [1.82, 2.24) is 9.97 Å². The van der Waals surface area contributed by atoms with Crippen molar-refractivity contribution in [2.45, 2.75) is 6.92 Å². The molecule has 3 rings (SSSR count). The molecular formula is C17H14N2OS. The maximum atomic E-state index is 12.4. The largest absolute Gasteiger partial charge is 0.331 e. The summed E-state index contributed by atoms with van der Waals surface area (Å²) in [7, 11) is 0. The lowest BCUT2D eigenvalue weighted by Crippen LogP contribution is -2.12. The highest BCUT2D eigenvalue weighted by molar-refractivity contribution is 7.71. The van der Waals surface area contributed by atoms with Crippen molar-refractivity contribution in [2.24, 2.45) is 0 Å². The third kappa shape index (κ3) is 2.71. The Hall–Kier alpha value is -2.46. The van der Waals surface area contributed by atoms with Gasteiger partial charge in [-0.15, -0.1) is 0 Å². The Morgan fingerprint density at radius 3 is 2.19 bits per heavy atom. The number of aryl methyl sites for hydroxylation is 1. The zero-order chi connectivity index (χ0) is 14.8. The lowest BCUT2D eigenvalue weighted by Gasteiger charge is -2.09. The Kier molecular flexibility index (Phi) is 3.54. The van der Waals surface area contributed by atoms with Crippen molar-refractivity contribution in [3.63, 3.8) is 0 Å². The molecule has 0 atom stereocenters. The van der Waals surface area contributed by atoms with Gasteiger partial charge in [0.1, 0.15) is 0 Å². The molecule has 2 N–H and O–H groups in total. The van der Waals surface area contributed by atoms with Crippen LogP contribution in [0.5, 0.6) is 0 Å². The number of benzene rings is 2. The molecule has 0 aliphatic carbocycles. The fourth-order valence-corrected chi connectivity index (χ4v) is 2.50. The predicted octanol–water partition coefficient (Wildman–Crippen LogP) is 4.07. The molecule has 0 unspecified atom stereocenters. The van der Waals surface area contributed by atoms with Crippen LogP contribution in [0.15, 0.2) is 59.4 Å². The summed E-state index contributed by atoms with van der Waals surface area (Å²) in [6, 6.07) is 17.6. The average Bonchev–Trinajstić information content (AvgIpc) is 2.48. The molecule has 3 nitrogen and oxygen atoms in total. The van der Waals surface area contributed by atoms with E-state index in [1.165, 1.54) is 5.56 Å². The van der Waals surface area contributed by atoms with E-state index in [4.69, 9.17) is 12.2 Å². The number of H-pyrrole nitrogens is 2. The molecule has 0 aliphatic rings. The van der Waals surface area contributed by atoms with Crippen LogP contribution in [0.3, 0.4) is 0 Å². The van der Waals surface area contributed by atoms with Crippen molar-refractivity contribution in [3.8, 4) is 22.4 Å². The normalized spacial score (nSPS) is 10.5. The Morgan fingerprint density at radius 2 is 1.52 bits per heavy atom. The van der Waals surface area contributed by atoms with E-state index in [2.05, 4.69) is 9.97 Å². The van der Waals surface area contributed by atoms with Crippen LogP contribution in [0.2, 0.25) is 0 Å². The van der Waals surface area contributed by atoms with Gasteiger partial charge in [0.2, 0.25) is 0 Å². The van der Waals surface area contributed by atoms with Crippen molar-refractivity contribution in [3.05, 3.63) is 75.3 Å². The zero-order valence-electron chi connectivity index (χ0n) is 11.5. The zero-order valence-corrected chi connectivity index (χ0v) is 12.3. The highest BCUT2D eigenvalue weighted by atomic mass is 32.1. The number of hydrogen-bond acceptors (Lipinski definition) is 2. The van der Waals surface area contributed by atoms with Gasteiger partial charge in [-0.25, -0.2) is 0 Å². The quantitative estimate of drug-likeness (QED) is 0.700. The second-order valence-electron chi connectivity index (χ2n) is 4.89. The van der Waals surface area contributed by atoms with Crippen LogP contribution in [0, 0.1) is 11.7 Å². The van der Waals surface area contributed by atoms with Gasteiger partial charge in [-0.1, -0.05) is 60.2 Å². The summed E-state index contributed by atoms with van der Waals surface area (Å²) in [4.78, 5) is 18.1. The maximum Gasteiger partial charge on any atom is 0.260 e. The van der Waals surface area contributed by atoms with E-state index >= 15 is 0 Å². The lowest BCUT2D eigenvalue weighted by atomic mass is 10.00. The summed E-state index contributed by atoms with van der Waals surface area (Å²) in [5.74, 6) is 0. The van der Waals surface area contributed by atoms with E-state index in [-0.39, 0.29) is 5.56 Å². The van der Waals surface area contributed by atoms with E-state index in [0.717, 1.165) is 16.8 Å². The first kappa shape index (κ1) is 13.5. The van der Waals surface area contributed by atoms with Crippen LogP contribution in [0.1, 0.15) is 5.56 Å². The molecule has 0 bridgehead atoms. The Labute approximate surface area is 127 Å². The minimum Gasteiger partial charge on any atom is -0.331 e. The van der Waals surface area contributed by atoms with E-state index in [1.807, 2.05) is 61.5 Å². The molecule has 0 fully saturated rings. The van der Waals surface area contributed by atoms with Gasteiger partial charge in [-0.2, -0.15) is 0 Å². The highest BCUT2D eigenvalue weighted by Crippen LogP contribution is 2.27. The third-order valence-corrected chi connectivity index (χ3v) is 3.55. The lowest BCUT2D eigenvalue weighted by molar-refractivity contribution is 1.10. The first-order valence-electron chi connectivity index (χ1n) is 6.64. The summed E-state index contributed by atoms with van der Waals surface area (Å²) >= 11 is 5.11. The molecule has 0 saturated heterocycles. The summed E-state index contributed by atoms with van der Waals surface area (Å²) < 4.78 is 0.329. The summed E-state index contributed by atoms with van der Waals surface area (Å²) in [6.45, 7) is 2.03. The van der Waals surface area contributed by atoms with Crippen LogP contribution < -0.4 is 5.56 Å². The summed E-state index contributed by atoms with van der Waals surface area (Å²) in [6.07, 6.45) is 0. The summed E-state index contributed by atoms with van der Waals surface area (Å²) in [5, 5.41) is 0. The highest BCUT2D eigenvalue weighted by Gasteiger charge is 2.12. The van der Waals surface area contributed by atoms with Crippen LogP contribution in [0.4, 0.5) is 0 Å². The first-order valence-corrected chi connectivity index (χ1v) is 7.05. The molecule has 104 valence electrons. The number of aromatic amines is 2. The number of nitrogens with one attached hydrogen (secondary N) is 2. The maximum absolute atomic E-state index is 12.4. The van der Waals surface area contributed by atoms with Crippen LogP contribution in [0.25, 0.3) is 22.4 Å². The Bertz CT molecular complexity index is 877. The van der Waals surface area contributed by atoms with Gasteiger partial charge in [-0.3, -0.25) is 9.78 Å². The molecule has 2 aromatic carbocycles. The SMILES string of the molecule is Cc1ccc(-c2[nH]c(=S)[nH]c(=O)c2-c2ccccc2)cc1. The van der Waals surface area contributed by atoms with Crippen molar-refractivity contribution >= 4 is 12.2 Å². The van der Waals surface area contributed by atoms with Gasteiger partial charge in [-0.05, 0) is 30.3 Å². The van der Waals surface area contributed by atoms with Gasteiger partial charge < -0.3 is 4.98 Å². The molecule has 0 spiro atoms. The minimum atomic E-state index is -0.180. The number of hydrogen-bond donors (Lipinski definition) is 2. The second-order valence-corrected chi connectivity index (χ2v) is 5.30. The molecule has 3 aromatic rings. The van der Waals surface area contributed by atoms with Gasteiger partial charge in [0.25, 0.3) is 5.56 Å². The van der Waals surface area contributed by atoms with E-state index < -0.39 is 0 Å². The molecule has 4 heteroatoms. The predicted molar refractivity (Wildman–Crippen MR) is 87.9 cm³/mol. The standard InChI is InChI=1S/C17H14N2OS/c1-11-7-9-13(10-8-11)15-14(12-5-3-2-4-6-12)16(20)19-17(21)18-15/h2-10H,1H3,(H2,18,19,20,21). The molecular weight excluding hydrogens is 280 g/mol. The Morgan fingerprint density at radius 1 is 0.857 bits per heavy atom. The number of aromatic nitrogens is 2. The van der Waals surface area contributed by atoms with Crippen molar-refractivity contribution in [2.75, 3.05) is 0 Å². The molecule has 1 aromatic heterocycles. The average molecular weight is 294 g/mol. The van der Waals surface area contributed by atoms with Crippen molar-refractivity contribution in [1.29, 1.82) is 0 Å². The molecule has 0 saturated carbocycles. The smallest absolute Gasteiger partial charge is 0.260 e. The van der Waals surface area contributed by atoms with E-state index in [0.29, 0.717) is 10.3 Å². The fraction of sp³-hybridized carbons (Fsp3) is 0.0588. The van der Waals surface area contributed by atoms with Gasteiger partial charge in [0, 0.05) is 0 Å². The van der Waals surface area contributed by atoms with Crippen LogP contribution in [-0.2, 0) is 0 Å². The van der Waals surface area contributed by atoms with E-state index in [9.17, 15) is 4.79 Å². The Balaban J connectivity index is 2.32. The third-order valence-electron chi connectivity index (χ3n) is 3.35. The van der Waals surface area contributed by atoms with Gasteiger partial charge >= 0.3 is 0 Å². The van der Waals surface area contributed by atoms with Crippen molar-refractivity contribution < 1.29 is 0 Å². The minimum absolute atomic E-state index is 0.180. The first-order chi connectivity index (χ1) is 10.1. The topological polar surface area (TPSA) is 48.6 Å². The molecule has 0 amide bonds.